The molecule has 176 valence electrons. The first-order chi connectivity index (χ1) is 15.7. The number of nitriles is 1. The molecule has 2 fully saturated rings. The van der Waals surface area contributed by atoms with Gasteiger partial charge in [-0.05, 0) is 57.2 Å². The fourth-order valence-corrected chi connectivity index (χ4v) is 5.05. The zero-order valence-corrected chi connectivity index (χ0v) is 19.6. The average molecular weight is 453 g/mol. The van der Waals surface area contributed by atoms with Crippen LogP contribution in [0, 0.1) is 17.2 Å². The van der Waals surface area contributed by atoms with Gasteiger partial charge in [0.2, 0.25) is 0 Å². The lowest BCUT2D eigenvalue weighted by molar-refractivity contribution is -0.00187. The van der Waals surface area contributed by atoms with E-state index in [2.05, 4.69) is 29.2 Å². The lowest BCUT2D eigenvalue weighted by Gasteiger charge is -2.35. The second-order valence-electron chi connectivity index (χ2n) is 9.87. The molecular formula is C25H33FN6O. The van der Waals surface area contributed by atoms with Gasteiger partial charge in [-0.2, -0.15) is 10.4 Å². The van der Waals surface area contributed by atoms with Crippen molar-refractivity contribution >= 4 is 17.2 Å². The van der Waals surface area contributed by atoms with Gasteiger partial charge in [0.25, 0.3) is 0 Å². The third kappa shape index (κ3) is 4.22. The Hall–Kier alpha value is -2.92. The SMILES string of the molecule is CCC(/C=C(\N=C/N)N1C[C@@H](F)[C@@H](C(C)(C)O)C1)n1ncc2ccc(C3(C#N)CCC3)cc21. The summed E-state index contributed by atoms with van der Waals surface area (Å²) in [7, 11) is 0. The quantitative estimate of drug-likeness (QED) is 0.491. The third-order valence-electron chi connectivity index (χ3n) is 7.33. The van der Waals surface area contributed by atoms with Gasteiger partial charge >= 0.3 is 0 Å². The minimum Gasteiger partial charge on any atom is -0.390 e. The molecular weight excluding hydrogens is 419 g/mol. The predicted octanol–water partition coefficient (Wildman–Crippen LogP) is 3.80. The maximum Gasteiger partial charge on any atom is 0.128 e. The first kappa shape index (κ1) is 23.2. The van der Waals surface area contributed by atoms with Crippen LogP contribution in [-0.2, 0) is 5.41 Å². The Morgan fingerprint density at radius 2 is 2.21 bits per heavy atom. The highest BCUT2D eigenvalue weighted by Gasteiger charge is 2.42. The molecule has 33 heavy (non-hydrogen) atoms. The van der Waals surface area contributed by atoms with E-state index >= 15 is 0 Å². The Kier molecular flexibility index (Phi) is 6.19. The smallest absolute Gasteiger partial charge is 0.128 e. The zero-order valence-electron chi connectivity index (χ0n) is 19.6. The molecule has 1 unspecified atom stereocenters. The van der Waals surface area contributed by atoms with Gasteiger partial charge in [0.1, 0.15) is 12.0 Å². The van der Waals surface area contributed by atoms with Crippen LogP contribution in [0.1, 0.15) is 58.1 Å². The number of alkyl halides is 1. The van der Waals surface area contributed by atoms with Crippen LogP contribution in [0.2, 0.25) is 0 Å². The van der Waals surface area contributed by atoms with Crippen molar-refractivity contribution < 1.29 is 9.50 Å². The molecule has 7 nitrogen and oxygen atoms in total. The maximum atomic E-state index is 14.7. The fraction of sp³-hybridized carbons (Fsp3) is 0.560. The number of benzene rings is 1. The van der Waals surface area contributed by atoms with Gasteiger partial charge in [0.15, 0.2) is 0 Å². The van der Waals surface area contributed by atoms with Crippen molar-refractivity contribution in [3.05, 3.63) is 41.9 Å². The second kappa shape index (κ2) is 8.79. The Labute approximate surface area is 194 Å². The van der Waals surface area contributed by atoms with E-state index in [0.29, 0.717) is 12.4 Å². The Bertz CT molecular complexity index is 1100. The Morgan fingerprint density at radius 1 is 1.45 bits per heavy atom. The molecule has 0 spiro atoms. The number of aliphatic hydroxyl groups is 1. The van der Waals surface area contributed by atoms with Gasteiger partial charge < -0.3 is 15.7 Å². The third-order valence-corrected chi connectivity index (χ3v) is 7.33. The van der Waals surface area contributed by atoms with E-state index in [1.165, 1.54) is 6.34 Å². The van der Waals surface area contributed by atoms with E-state index in [4.69, 9.17) is 5.73 Å². The monoisotopic (exact) mass is 452 g/mol. The van der Waals surface area contributed by atoms with Crippen LogP contribution in [0.25, 0.3) is 10.9 Å². The van der Waals surface area contributed by atoms with Gasteiger partial charge in [-0.1, -0.05) is 19.1 Å². The van der Waals surface area contributed by atoms with E-state index in [1.807, 2.05) is 34.0 Å². The van der Waals surface area contributed by atoms with Gasteiger partial charge in [0.05, 0.1) is 47.7 Å². The zero-order chi connectivity index (χ0) is 23.8. The summed E-state index contributed by atoms with van der Waals surface area (Å²) in [4.78, 5) is 6.18. The first-order valence-electron chi connectivity index (χ1n) is 11.7. The molecule has 3 atom stereocenters. The molecule has 8 heteroatoms. The van der Waals surface area contributed by atoms with Crippen LogP contribution in [0.4, 0.5) is 4.39 Å². The molecule has 2 aliphatic rings. The predicted molar refractivity (Wildman–Crippen MR) is 127 cm³/mol. The van der Waals surface area contributed by atoms with Crippen LogP contribution >= 0.6 is 0 Å². The minimum absolute atomic E-state index is 0.130. The summed E-state index contributed by atoms with van der Waals surface area (Å²) in [6.45, 7) is 5.86. The van der Waals surface area contributed by atoms with E-state index in [9.17, 15) is 14.8 Å². The number of hydrogen-bond acceptors (Lipinski definition) is 5. The average Bonchev–Trinajstić information content (AvgIpc) is 3.34. The van der Waals surface area contributed by atoms with E-state index in [0.717, 1.165) is 42.1 Å². The van der Waals surface area contributed by atoms with Crippen molar-refractivity contribution in [3.63, 3.8) is 0 Å². The number of hydrogen-bond donors (Lipinski definition) is 2. The number of nitrogens with zero attached hydrogens (tertiary/aromatic N) is 5. The van der Waals surface area contributed by atoms with Crippen LogP contribution in [0.5, 0.6) is 0 Å². The normalized spacial score (nSPS) is 24.2. The maximum absolute atomic E-state index is 14.7. The number of halogens is 1. The molecule has 3 N–H and O–H groups in total. The van der Waals surface area contributed by atoms with Crippen molar-refractivity contribution in [1.29, 1.82) is 5.26 Å². The van der Waals surface area contributed by atoms with Gasteiger partial charge in [-0.25, -0.2) is 9.38 Å². The van der Waals surface area contributed by atoms with E-state index in [1.54, 1.807) is 13.8 Å². The summed E-state index contributed by atoms with van der Waals surface area (Å²) in [6, 6.07) is 8.55. The molecule has 4 rings (SSSR count). The number of nitrogens with two attached hydrogens (primary N) is 1. The molecule has 0 radical (unpaired) electrons. The molecule has 2 heterocycles. The van der Waals surface area contributed by atoms with Crippen molar-refractivity contribution in [2.45, 2.75) is 69.7 Å². The second-order valence-corrected chi connectivity index (χ2v) is 9.87. The number of allylic oxidation sites excluding steroid dienone is 1. The number of aromatic nitrogens is 2. The summed E-state index contributed by atoms with van der Waals surface area (Å²) in [5, 5.41) is 25.8. The molecule has 1 aliphatic heterocycles. The van der Waals surface area contributed by atoms with E-state index in [-0.39, 0.29) is 12.6 Å². The molecule has 2 aromatic rings. The van der Waals surface area contributed by atoms with Gasteiger partial charge in [0, 0.05) is 17.8 Å². The summed E-state index contributed by atoms with van der Waals surface area (Å²) in [5.74, 6) is 0.0673. The standard InChI is InChI=1S/C25H33FN6O/c1-4-19(11-23(29-16-28)31-13-20(21(26)14-31)24(2,3)33)32-22-10-18(7-6-17(22)12-30-32)25(15-27)8-5-9-25/h6-7,10-12,16,19-21,33H,4-5,8-9,13-14H2,1-3H3,(H2,28,29)/b23-11+/t19?,20-,21+/m0/s1. The molecule has 1 aromatic heterocycles. The van der Waals surface area contributed by atoms with Crippen LogP contribution in [0.3, 0.4) is 0 Å². The van der Waals surface area contributed by atoms with Crippen molar-refractivity contribution in [1.82, 2.24) is 14.7 Å². The minimum atomic E-state index is -1.15. The highest BCUT2D eigenvalue weighted by Crippen LogP contribution is 2.44. The van der Waals surface area contributed by atoms with Crippen molar-refractivity contribution in [2.75, 3.05) is 13.1 Å². The number of rotatable bonds is 7. The highest BCUT2D eigenvalue weighted by molar-refractivity contribution is 5.80. The molecule has 1 saturated heterocycles. The molecule has 1 aromatic carbocycles. The van der Waals surface area contributed by atoms with E-state index < -0.39 is 23.1 Å². The fourth-order valence-electron chi connectivity index (χ4n) is 5.05. The lowest BCUT2D eigenvalue weighted by Crippen LogP contribution is -2.37. The first-order valence-corrected chi connectivity index (χ1v) is 11.7. The van der Waals surface area contributed by atoms with Crippen LogP contribution in [-0.4, -0.2) is 51.0 Å². The molecule has 0 amide bonds. The molecule has 0 bridgehead atoms. The lowest BCUT2D eigenvalue weighted by atomic mass is 9.65. The number of aliphatic imine (C=N–C) groups is 1. The summed E-state index contributed by atoms with van der Waals surface area (Å²) >= 11 is 0. The Balaban J connectivity index is 1.69. The topological polar surface area (TPSA) is 103 Å². The number of fused-ring (bicyclic) bond motifs is 1. The van der Waals surface area contributed by atoms with Crippen molar-refractivity contribution in [2.24, 2.45) is 16.6 Å². The summed E-state index contributed by atoms with van der Waals surface area (Å²) < 4.78 is 16.7. The van der Waals surface area contributed by atoms with Crippen LogP contribution < -0.4 is 5.73 Å². The molecule has 1 aliphatic carbocycles. The summed E-state index contributed by atoms with van der Waals surface area (Å²) in [5.41, 5.74) is 6.11. The highest BCUT2D eigenvalue weighted by atomic mass is 19.1. The van der Waals surface area contributed by atoms with Gasteiger partial charge in [-0.15, -0.1) is 0 Å². The molecule has 1 saturated carbocycles. The van der Waals surface area contributed by atoms with Gasteiger partial charge in [-0.3, -0.25) is 4.68 Å². The Morgan fingerprint density at radius 3 is 2.76 bits per heavy atom. The number of likely N-dealkylation sites (tertiary alicyclic amines) is 1. The van der Waals surface area contributed by atoms with Crippen LogP contribution in [0.15, 0.2) is 41.3 Å². The van der Waals surface area contributed by atoms with Crippen molar-refractivity contribution in [3.8, 4) is 6.07 Å². The largest absolute Gasteiger partial charge is 0.390 e. The summed E-state index contributed by atoms with van der Waals surface area (Å²) in [6.07, 6.45) is 7.45.